The molecule has 0 saturated carbocycles. The highest BCUT2D eigenvalue weighted by atomic mass is 16.6. The van der Waals surface area contributed by atoms with Gasteiger partial charge in [0.05, 0.1) is 0 Å². The molecule has 0 radical (unpaired) electrons. The van der Waals surface area contributed by atoms with E-state index in [0.29, 0.717) is 19.3 Å². The number of unbranched alkanes of at least 4 members (excludes halogenated alkanes) is 35. The fourth-order valence-electron chi connectivity index (χ4n) is 9.47. The van der Waals surface area contributed by atoms with Gasteiger partial charge in [-0.05, 0) is 83.5 Å². The first-order valence-electron chi connectivity index (χ1n) is 33.1. The van der Waals surface area contributed by atoms with Gasteiger partial charge in [-0.15, -0.1) is 0 Å². The van der Waals surface area contributed by atoms with Gasteiger partial charge in [-0.3, -0.25) is 14.4 Å². The Bertz CT molecular complexity index is 1470. The molecule has 6 heteroatoms. The van der Waals surface area contributed by atoms with Crippen molar-refractivity contribution in [2.24, 2.45) is 0 Å². The molecular formula is C71H124O6. The van der Waals surface area contributed by atoms with E-state index < -0.39 is 12.1 Å². The minimum absolute atomic E-state index is 0.104. The predicted molar refractivity (Wildman–Crippen MR) is 334 cm³/mol. The SMILES string of the molecule is CC/C=C\C/C=C\C/C=C\C/C=C\C/C=C\C/C=C\CCC(=O)OC(COC(=O)CCCCCCC)COC(=O)CCCCCCCCCCCCCCCCCCCCCCCCC/C=C\CCCCCCCCCC. The minimum Gasteiger partial charge on any atom is -0.462 e. The fraction of sp³-hybridized carbons (Fsp3) is 0.761. The van der Waals surface area contributed by atoms with Crippen molar-refractivity contribution in [2.75, 3.05) is 13.2 Å². The molecule has 0 amide bonds. The molecule has 0 spiro atoms. The Kier molecular flexibility index (Phi) is 62.2. The summed E-state index contributed by atoms with van der Waals surface area (Å²) < 4.78 is 16.7. The number of hydrogen-bond donors (Lipinski definition) is 0. The second-order valence-electron chi connectivity index (χ2n) is 22.0. The second kappa shape index (κ2) is 65.1. The first-order valence-corrected chi connectivity index (χ1v) is 33.1. The molecule has 0 aromatic carbocycles. The van der Waals surface area contributed by atoms with Crippen LogP contribution < -0.4 is 0 Å². The number of rotatable bonds is 60. The summed E-state index contributed by atoms with van der Waals surface area (Å²) in [6, 6.07) is 0. The Morgan fingerprint density at radius 3 is 0.844 bits per heavy atom. The zero-order valence-electron chi connectivity index (χ0n) is 51.0. The van der Waals surface area contributed by atoms with E-state index in [1.54, 1.807) is 0 Å². The van der Waals surface area contributed by atoms with Crippen LogP contribution in [0.15, 0.2) is 85.1 Å². The molecule has 0 rings (SSSR count). The van der Waals surface area contributed by atoms with Crippen LogP contribution in [0.2, 0.25) is 0 Å². The molecule has 0 aliphatic carbocycles. The molecule has 0 fully saturated rings. The number of carbonyl (C=O) groups is 3. The van der Waals surface area contributed by atoms with Crippen LogP contribution in [0.25, 0.3) is 0 Å². The molecule has 0 heterocycles. The van der Waals surface area contributed by atoms with E-state index >= 15 is 0 Å². The Hall–Kier alpha value is -3.41. The largest absolute Gasteiger partial charge is 0.462 e. The topological polar surface area (TPSA) is 78.9 Å². The molecule has 1 unspecified atom stereocenters. The standard InChI is InChI=1S/C71H124O6/c1-4-7-10-13-15-17-19-21-23-25-27-28-29-30-31-32-33-34-35-36-37-38-39-40-41-42-44-45-47-49-51-53-55-58-61-64-70(73)76-67-68(66-75-69(72)63-60-57-12-9-6-3)77-71(74)65-62-59-56-54-52-50-48-46-43-26-24-22-20-18-16-14-11-8-5-2/h8,11,16,18,22,24-25,27,43,46,50,52,56,59,68H,4-7,9-10,12-15,17,19-21,23,26,28-42,44-45,47-49,51,53-55,57-58,60-67H2,1-3H3/b11-8-,18-16-,24-22-,27-25-,46-43-,52-50-,59-56-. The third-order valence-electron chi connectivity index (χ3n) is 14.4. The predicted octanol–water partition coefficient (Wildman–Crippen LogP) is 22.7. The van der Waals surface area contributed by atoms with Crippen molar-refractivity contribution in [1.82, 2.24) is 0 Å². The second-order valence-corrected chi connectivity index (χ2v) is 22.0. The average Bonchev–Trinajstić information content (AvgIpc) is 3.43. The molecule has 0 aromatic rings. The summed E-state index contributed by atoms with van der Waals surface area (Å²) in [6.07, 6.45) is 86.9. The van der Waals surface area contributed by atoms with Crippen LogP contribution in [0, 0.1) is 0 Å². The summed E-state index contributed by atoms with van der Waals surface area (Å²) in [5.41, 5.74) is 0. The van der Waals surface area contributed by atoms with Gasteiger partial charge < -0.3 is 14.2 Å². The first-order chi connectivity index (χ1) is 38.0. The molecule has 0 aliphatic heterocycles. The lowest BCUT2D eigenvalue weighted by molar-refractivity contribution is -0.166. The molecular weight excluding hydrogens is 949 g/mol. The van der Waals surface area contributed by atoms with Crippen LogP contribution in [-0.2, 0) is 28.6 Å². The van der Waals surface area contributed by atoms with Crippen molar-refractivity contribution in [3.8, 4) is 0 Å². The smallest absolute Gasteiger partial charge is 0.306 e. The van der Waals surface area contributed by atoms with Crippen molar-refractivity contribution >= 4 is 17.9 Å². The van der Waals surface area contributed by atoms with Gasteiger partial charge in [0, 0.05) is 19.3 Å². The number of carbonyl (C=O) groups excluding carboxylic acids is 3. The van der Waals surface area contributed by atoms with E-state index in [0.717, 1.165) is 89.9 Å². The summed E-state index contributed by atoms with van der Waals surface area (Å²) in [7, 11) is 0. The molecule has 0 aliphatic rings. The third kappa shape index (κ3) is 63.3. The lowest BCUT2D eigenvalue weighted by Crippen LogP contribution is -2.30. The van der Waals surface area contributed by atoms with Crippen LogP contribution in [0.5, 0.6) is 0 Å². The Morgan fingerprint density at radius 1 is 0.273 bits per heavy atom. The quantitative estimate of drug-likeness (QED) is 0.0261. The highest BCUT2D eigenvalue weighted by molar-refractivity contribution is 5.71. The summed E-state index contributed by atoms with van der Waals surface area (Å²) in [5.74, 6) is -0.995. The van der Waals surface area contributed by atoms with Gasteiger partial charge in [0.2, 0.25) is 0 Å². The number of ether oxygens (including phenoxy) is 3. The average molecular weight is 1070 g/mol. The molecule has 77 heavy (non-hydrogen) atoms. The van der Waals surface area contributed by atoms with Crippen molar-refractivity contribution in [3.05, 3.63) is 85.1 Å². The number of hydrogen-bond acceptors (Lipinski definition) is 6. The monoisotopic (exact) mass is 1070 g/mol. The van der Waals surface area contributed by atoms with Gasteiger partial charge in [-0.25, -0.2) is 0 Å². The molecule has 1 atom stereocenters. The highest BCUT2D eigenvalue weighted by Crippen LogP contribution is 2.17. The lowest BCUT2D eigenvalue weighted by Gasteiger charge is -2.18. The van der Waals surface area contributed by atoms with Gasteiger partial charge in [0.1, 0.15) is 13.2 Å². The van der Waals surface area contributed by atoms with E-state index in [2.05, 4.69) is 99.8 Å². The van der Waals surface area contributed by atoms with Gasteiger partial charge in [-0.1, -0.05) is 311 Å². The minimum atomic E-state index is -0.812. The van der Waals surface area contributed by atoms with Crippen LogP contribution in [-0.4, -0.2) is 37.2 Å². The normalized spacial score (nSPS) is 12.6. The van der Waals surface area contributed by atoms with E-state index in [4.69, 9.17) is 14.2 Å². The van der Waals surface area contributed by atoms with E-state index in [-0.39, 0.29) is 31.6 Å². The van der Waals surface area contributed by atoms with E-state index in [1.165, 1.54) is 193 Å². The Morgan fingerprint density at radius 2 is 0.532 bits per heavy atom. The summed E-state index contributed by atoms with van der Waals surface area (Å²) in [6.45, 7) is 6.40. The van der Waals surface area contributed by atoms with Gasteiger partial charge in [0.15, 0.2) is 6.10 Å². The van der Waals surface area contributed by atoms with Crippen LogP contribution in [0.3, 0.4) is 0 Å². The number of esters is 3. The molecule has 444 valence electrons. The first kappa shape index (κ1) is 73.6. The molecule has 0 bridgehead atoms. The Labute approximate surface area is 477 Å². The summed E-state index contributed by atoms with van der Waals surface area (Å²) in [4.78, 5) is 37.8. The van der Waals surface area contributed by atoms with Crippen molar-refractivity contribution in [1.29, 1.82) is 0 Å². The van der Waals surface area contributed by atoms with Gasteiger partial charge in [-0.2, -0.15) is 0 Å². The summed E-state index contributed by atoms with van der Waals surface area (Å²) in [5, 5.41) is 0. The zero-order valence-corrected chi connectivity index (χ0v) is 51.0. The maximum atomic E-state index is 12.8. The Balaban J connectivity index is 3.96. The van der Waals surface area contributed by atoms with Gasteiger partial charge >= 0.3 is 17.9 Å². The maximum absolute atomic E-state index is 12.8. The zero-order chi connectivity index (χ0) is 55.7. The van der Waals surface area contributed by atoms with Crippen molar-refractivity contribution < 1.29 is 28.6 Å². The number of allylic oxidation sites excluding steroid dienone is 14. The van der Waals surface area contributed by atoms with Crippen molar-refractivity contribution in [3.63, 3.8) is 0 Å². The van der Waals surface area contributed by atoms with Crippen LogP contribution in [0.1, 0.15) is 329 Å². The fourth-order valence-corrected chi connectivity index (χ4v) is 9.47. The van der Waals surface area contributed by atoms with Crippen LogP contribution in [0.4, 0.5) is 0 Å². The summed E-state index contributed by atoms with van der Waals surface area (Å²) >= 11 is 0. The van der Waals surface area contributed by atoms with Crippen LogP contribution >= 0.6 is 0 Å². The van der Waals surface area contributed by atoms with Crippen molar-refractivity contribution in [2.45, 2.75) is 335 Å². The van der Waals surface area contributed by atoms with Gasteiger partial charge in [0.25, 0.3) is 0 Å². The molecule has 6 nitrogen and oxygen atoms in total. The lowest BCUT2D eigenvalue weighted by atomic mass is 10.0. The maximum Gasteiger partial charge on any atom is 0.306 e. The molecule has 0 aromatic heterocycles. The van der Waals surface area contributed by atoms with E-state index in [9.17, 15) is 14.4 Å². The van der Waals surface area contributed by atoms with E-state index in [1.807, 2.05) is 6.08 Å². The molecule has 0 saturated heterocycles. The third-order valence-corrected chi connectivity index (χ3v) is 14.4. The molecule has 0 N–H and O–H groups in total. The highest BCUT2D eigenvalue weighted by Gasteiger charge is 2.19.